The van der Waals surface area contributed by atoms with Gasteiger partial charge in [0.1, 0.15) is 5.69 Å². The summed E-state index contributed by atoms with van der Waals surface area (Å²) >= 11 is 6.00. The van der Waals surface area contributed by atoms with Gasteiger partial charge in [-0.25, -0.2) is 0 Å². The van der Waals surface area contributed by atoms with E-state index in [1.807, 2.05) is 18.2 Å². The van der Waals surface area contributed by atoms with Crippen molar-refractivity contribution in [3.8, 4) is 0 Å². The molecule has 1 aliphatic rings. The molecule has 0 aliphatic carbocycles. The molecular weight excluding hydrogens is 340 g/mol. The molecule has 128 valence electrons. The second-order valence-corrected chi connectivity index (χ2v) is 6.54. The molecule has 0 radical (unpaired) electrons. The first-order valence-electron chi connectivity index (χ1n) is 8.11. The van der Waals surface area contributed by atoms with Crippen LogP contribution in [0.15, 0.2) is 42.7 Å². The van der Waals surface area contributed by atoms with Gasteiger partial charge in [0.15, 0.2) is 0 Å². The highest BCUT2D eigenvalue weighted by Crippen LogP contribution is 2.21. The molecule has 3 heterocycles. The van der Waals surface area contributed by atoms with E-state index >= 15 is 0 Å². The summed E-state index contributed by atoms with van der Waals surface area (Å²) in [5, 5.41) is 1.56. The number of H-pyrrole nitrogens is 2. The minimum Gasteiger partial charge on any atom is -0.367 e. The third kappa shape index (κ3) is 3.00. The van der Waals surface area contributed by atoms with Gasteiger partial charge in [-0.2, -0.15) is 0 Å². The molecule has 1 aromatic carbocycles. The second-order valence-electron chi connectivity index (χ2n) is 6.10. The van der Waals surface area contributed by atoms with Crippen molar-refractivity contribution in [3.63, 3.8) is 0 Å². The van der Waals surface area contributed by atoms with E-state index in [9.17, 15) is 9.59 Å². The highest BCUT2D eigenvalue weighted by atomic mass is 35.5. The molecule has 25 heavy (non-hydrogen) atoms. The summed E-state index contributed by atoms with van der Waals surface area (Å²) in [5.74, 6) is -0.0605. The zero-order chi connectivity index (χ0) is 17.4. The van der Waals surface area contributed by atoms with Crippen LogP contribution < -0.4 is 0 Å². The van der Waals surface area contributed by atoms with E-state index in [0.717, 1.165) is 10.9 Å². The van der Waals surface area contributed by atoms with Gasteiger partial charge >= 0.3 is 0 Å². The van der Waals surface area contributed by atoms with Gasteiger partial charge in [-0.05, 0) is 30.3 Å². The number of rotatable bonds is 2. The molecule has 0 saturated carbocycles. The van der Waals surface area contributed by atoms with Crippen molar-refractivity contribution in [2.45, 2.75) is 0 Å². The molecule has 6 nitrogen and oxygen atoms in total. The van der Waals surface area contributed by atoms with E-state index in [1.54, 1.807) is 34.3 Å². The van der Waals surface area contributed by atoms with Crippen molar-refractivity contribution in [2.75, 3.05) is 26.2 Å². The van der Waals surface area contributed by atoms with Gasteiger partial charge < -0.3 is 19.8 Å². The normalized spacial score (nSPS) is 14.9. The van der Waals surface area contributed by atoms with Crippen molar-refractivity contribution in [1.82, 2.24) is 19.8 Å². The van der Waals surface area contributed by atoms with Gasteiger partial charge in [0.05, 0.1) is 5.56 Å². The lowest BCUT2D eigenvalue weighted by molar-refractivity contribution is 0.0533. The third-order valence-electron chi connectivity index (χ3n) is 4.51. The summed E-state index contributed by atoms with van der Waals surface area (Å²) in [4.78, 5) is 34.6. The smallest absolute Gasteiger partial charge is 0.270 e. The molecule has 0 unspecified atom stereocenters. The molecule has 0 spiro atoms. The number of amides is 2. The van der Waals surface area contributed by atoms with E-state index in [1.165, 1.54) is 0 Å². The summed E-state index contributed by atoms with van der Waals surface area (Å²) in [5.41, 5.74) is 2.07. The Morgan fingerprint density at radius 2 is 1.68 bits per heavy atom. The van der Waals surface area contributed by atoms with Gasteiger partial charge in [-0.15, -0.1) is 0 Å². The van der Waals surface area contributed by atoms with E-state index in [2.05, 4.69) is 9.97 Å². The second kappa shape index (κ2) is 6.29. The minimum absolute atomic E-state index is 0.00592. The number of benzene rings is 1. The Bertz CT molecular complexity index is 924. The number of aromatic amines is 2. The number of fused-ring (bicyclic) bond motifs is 1. The van der Waals surface area contributed by atoms with E-state index in [-0.39, 0.29) is 11.8 Å². The van der Waals surface area contributed by atoms with Crippen LogP contribution in [0.3, 0.4) is 0 Å². The molecule has 2 amide bonds. The van der Waals surface area contributed by atoms with Gasteiger partial charge in [0.25, 0.3) is 11.8 Å². The number of hydrogen-bond donors (Lipinski definition) is 2. The zero-order valence-electron chi connectivity index (χ0n) is 13.5. The molecular formula is C18H17ClN4O2. The molecule has 2 aromatic heterocycles. The van der Waals surface area contributed by atoms with Crippen molar-refractivity contribution in [3.05, 3.63) is 59.0 Å². The van der Waals surface area contributed by atoms with Crippen LogP contribution >= 0.6 is 11.6 Å². The van der Waals surface area contributed by atoms with Crippen LogP contribution in [0.5, 0.6) is 0 Å². The first-order valence-corrected chi connectivity index (χ1v) is 8.49. The maximum absolute atomic E-state index is 12.7. The topological polar surface area (TPSA) is 72.2 Å². The van der Waals surface area contributed by atoms with Crippen LogP contribution in [-0.2, 0) is 0 Å². The Labute approximate surface area is 149 Å². The quantitative estimate of drug-likeness (QED) is 0.741. The summed E-state index contributed by atoms with van der Waals surface area (Å²) in [7, 11) is 0. The number of nitrogens with zero attached hydrogens (tertiary/aromatic N) is 2. The van der Waals surface area contributed by atoms with Gasteiger partial charge in [-0.3, -0.25) is 9.59 Å². The van der Waals surface area contributed by atoms with Crippen LogP contribution in [0, 0.1) is 0 Å². The number of nitrogens with one attached hydrogen (secondary N) is 2. The largest absolute Gasteiger partial charge is 0.367 e. The predicted octanol–water partition coefficient (Wildman–Crippen LogP) is 2.75. The maximum atomic E-state index is 12.7. The molecule has 3 aromatic rings. The van der Waals surface area contributed by atoms with Crippen LogP contribution in [0.4, 0.5) is 0 Å². The van der Waals surface area contributed by atoms with Crippen LogP contribution in [0.2, 0.25) is 5.02 Å². The zero-order valence-corrected chi connectivity index (χ0v) is 14.2. The first kappa shape index (κ1) is 15.8. The lowest BCUT2D eigenvalue weighted by Gasteiger charge is -2.34. The number of hydrogen-bond acceptors (Lipinski definition) is 2. The number of carbonyl (C=O) groups is 2. The van der Waals surface area contributed by atoms with Gasteiger partial charge in [0.2, 0.25) is 0 Å². The van der Waals surface area contributed by atoms with E-state index in [0.29, 0.717) is 42.5 Å². The molecule has 0 atom stereocenters. The Hall–Kier alpha value is -2.73. The number of piperazine rings is 1. The maximum Gasteiger partial charge on any atom is 0.270 e. The van der Waals surface area contributed by atoms with E-state index in [4.69, 9.17) is 11.6 Å². The molecule has 4 rings (SSSR count). The van der Waals surface area contributed by atoms with E-state index < -0.39 is 0 Å². The number of aromatic nitrogens is 2. The van der Waals surface area contributed by atoms with Crippen molar-refractivity contribution in [2.24, 2.45) is 0 Å². The van der Waals surface area contributed by atoms with Crippen molar-refractivity contribution in [1.29, 1.82) is 0 Å². The lowest BCUT2D eigenvalue weighted by atomic mass is 10.2. The average Bonchev–Trinajstić information content (AvgIpc) is 3.30. The predicted molar refractivity (Wildman–Crippen MR) is 95.9 cm³/mol. The first-order chi connectivity index (χ1) is 12.1. The summed E-state index contributed by atoms with van der Waals surface area (Å²) < 4.78 is 0. The minimum atomic E-state index is -0.0546. The Balaban J connectivity index is 1.44. The fourth-order valence-electron chi connectivity index (χ4n) is 3.14. The van der Waals surface area contributed by atoms with Crippen LogP contribution in [-0.4, -0.2) is 57.8 Å². The summed E-state index contributed by atoms with van der Waals surface area (Å²) in [6.07, 6.45) is 3.42. The summed E-state index contributed by atoms with van der Waals surface area (Å²) in [6, 6.07) is 9.07. The fourth-order valence-corrected chi connectivity index (χ4v) is 3.32. The van der Waals surface area contributed by atoms with Crippen LogP contribution in [0.25, 0.3) is 10.9 Å². The van der Waals surface area contributed by atoms with Gasteiger partial charge in [0, 0.05) is 54.5 Å². The van der Waals surface area contributed by atoms with Crippen molar-refractivity contribution >= 4 is 34.3 Å². The molecule has 1 aliphatic heterocycles. The van der Waals surface area contributed by atoms with Crippen LogP contribution in [0.1, 0.15) is 20.8 Å². The SMILES string of the molecule is O=C(c1cc[nH]c1)N1CCN(C(=O)c2cc3cc(Cl)ccc3[nH]2)CC1. The Morgan fingerprint density at radius 1 is 0.960 bits per heavy atom. The lowest BCUT2D eigenvalue weighted by Crippen LogP contribution is -2.50. The molecule has 1 fully saturated rings. The Morgan fingerprint density at radius 3 is 2.36 bits per heavy atom. The van der Waals surface area contributed by atoms with Crippen molar-refractivity contribution < 1.29 is 9.59 Å². The molecule has 2 N–H and O–H groups in total. The summed E-state index contributed by atoms with van der Waals surface area (Å²) in [6.45, 7) is 2.10. The Kier molecular flexibility index (Phi) is 3.97. The molecule has 1 saturated heterocycles. The molecule has 7 heteroatoms. The number of carbonyl (C=O) groups excluding carboxylic acids is 2. The number of halogens is 1. The monoisotopic (exact) mass is 356 g/mol. The fraction of sp³-hybridized carbons (Fsp3) is 0.222. The standard InChI is InChI=1S/C18H17ClN4O2/c19-14-1-2-15-13(9-14)10-16(21-15)18(25)23-7-5-22(6-8-23)17(24)12-3-4-20-11-12/h1-4,9-11,20-21H,5-8H2. The molecule has 0 bridgehead atoms. The average molecular weight is 357 g/mol. The third-order valence-corrected chi connectivity index (χ3v) is 4.75. The highest BCUT2D eigenvalue weighted by Gasteiger charge is 2.26. The van der Waals surface area contributed by atoms with Gasteiger partial charge in [-0.1, -0.05) is 11.6 Å². The highest BCUT2D eigenvalue weighted by molar-refractivity contribution is 6.31.